The van der Waals surface area contributed by atoms with Crippen LogP contribution in [0.25, 0.3) is 0 Å². The lowest BCUT2D eigenvalue weighted by molar-refractivity contribution is -0.113. The van der Waals surface area contributed by atoms with Gasteiger partial charge in [0.25, 0.3) is 0 Å². The van der Waals surface area contributed by atoms with E-state index in [0.717, 1.165) is 18.0 Å². The molecule has 0 fully saturated rings. The van der Waals surface area contributed by atoms with E-state index in [1.54, 1.807) is 36.4 Å². The van der Waals surface area contributed by atoms with Gasteiger partial charge in [0, 0.05) is 11.8 Å². The highest BCUT2D eigenvalue weighted by Crippen LogP contribution is 2.32. The number of carbonyl (C=O) groups is 1. The van der Waals surface area contributed by atoms with E-state index in [1.807, 2.05) is 0 Å². The molecule has 0 radical (unpaired) electrons. The third kappa shape index (κ3) is 4.72. The summed E-state index contributed by atoms with van der Waals surface area (Å²) in [6, 6.07) is 13.0. The number of benzene rings is 2. The maximum atomic E-state index is 12.7. The Hall–Kier alpha value is -3.31. The van der Waals surface area contributed by atoms with Crippen molar-refractivity contribution in [2.24, 2.45) is 0 Å². The molecule has 11 heteroatoms. The van der Waals surface area contributed by atoms with Gasteiger partial charge >= 0.3 is 0 Å². The maximum Gasteiger partial charge on any atom is 0.234 e. The van der Waals surface area contributed by atoms with Gasteiger partial charge in [0.15, 0.2) is 16.7 Å². The lowest BCUT2D eigenvalue weighted by atomic mass is 10.2. The fourth-order valence-electron chi connectivity index (χ4n) is 2.82. The van der Waals surface area contributed by atoms with Gasteiger partial charge in [0.1, 0.15) is 23.9 Å². The van der Waals surface area contributed by atoms with Gasteiger partial charge in [-0.15, -0.1) is 0 Å². The number of aromatic nitrogens is 2. The Morgan fingerprint density at radius 3 is 2.58 bits per heavy atom. The molecule has 9 nitrogen and oxygen atoms in total. The largest absolute Gasteiger partial charge is 0.486 e. The average Bonchev–Trinajstić information content (AvgIpc) is 2.78. The summed E-state index contributed by atoms with van der Waals surface area (Å²) in [6.45, 7) is 0.943. The minimum atomic E-state index is -3.83. The zero-order valence-corrected chi connectivity index (χ0v) is 17.8. The second-order valence-electron chi connectivity index (χ2n) is 6.41. The molecule has 0 saturated carbocycles. The van der Waals surface area contributed by atoms with E-state index in [1.165, 1.54) is 12.1 Å². The highest BCUT2D eigenvalue weighted by Gasteiger charge is 2.22. The summed E-state index contributed by atoms with van der Waals surface area (Å²) in [5, 5.41) is 2.95. The Labute approximate surface area is 182 Å². The number of thioether (sulfide) groups is 1. The number of rotatable bonds is 6. The third-order valence-electron chi connectivity index (χ3n) is 4.26. The van der Waals surface area contributed by atoms with Crippen LogP contribution in [0.15, 0.2) is 69.7 Å². The van der Waals surface area contributed by atoms with Gasteiger partial charge in [-0.3, -0.25) is 4.79 Å². The maximum absolute atomic E-state index is 12.7. The van der Waals surface area contributed by atoms with Crippen LogP contribution in [0.1, 0.15) is 0 Å². The van der Waals surface area contributed by atoms with Gasteiger partial charge in [-0.2, -0.15) is 0 Å². The Kier molecular flexibility index (Phi) is 5.96. The molecule has 3 aromatic rings. The number of hydrogen-bond acceptors (Lipinski definition) is 9. The van der Waals surface area contributed by atoms with Gasteiger partial charge in [0.05, 0.1) is 16.8 Å². The minimum Gasteiger partial charge on any atom is -0.486 e. The van der Waals surface area contributed by atoms with Crippen LogP contribution in [0, 0.1) is 0 Å². The summed E-state index contributed by atoms with van der Waals surface area (Å²) in [5.74, 6) is 0.757. The first-order valence-corrected chi connectivity index (χ1v) is 11.7. The van der Waals surface area contributed by atoms with Crippen LogP contribution in [-0.4, -0.2) is 43.3 Å². The lowest BCUT2D eigenvalue weighted by Crippen LogP contribution is -2.17. The molecular formula is C20H18N4O5S2. The van der Waals surface area contributed by atoms with E-state index in [0.29, 0.717) is 30.4 Å². The second-order valence-corrected chi connectivity index (χ2v) is 9.27. The number of ether oxygens (including phenoxy) is 2. The molecule has 0 atom stereocenters. The average molecular weight is 459 g/mol. The molecule has 2 heterocycles. The fraction of sp³-hybridized carbons (Fsp3) is 0.150. The molecule has 2 aromatic carbocycles. The molecule has 160 valence electrons. The summed E-state index contributed by atoms with van der Waals surface area (Å²) in [7, 11) is -3.83. The SMILES string of the molecule is Nc1nc(SCC(=O)Nc2ccc3c(c2)OCCO3)ncc1S(=O)(=O)c1ccccc1. The van der Waals surface area contributed by atoms with E-state index < -0.39 is 9.84 Å². The van der Waals surface area contributed by atoms with Crippen molar-refractivity contribution in [3.8, 4) is 11.5 Å². The van der Waals surface area contributed by atoms with Gasteiger partial charge in [0.2, 0.25) is 15.7 Å². The summed E-state index contributed by atoms with van der Waals surface area (Å²) < 4.78 is 36.3. The number of nitrogens with two attached hydrogens (primary N) is 1. The second kappa shape index (κ2) is 8.82. The molecule has 1 aromatic heterocycles. The van der Waals surface area contributed by atoms with Crippen molar-refractivity contribution >= 4 is 39.0 Å². The van der Waals surface area contributed by atoms with Crippen molar-refractivity contribution in [3.63, 3.8) is 0 Å². The number of anilines is 2. The first-order chi connectivity index (χ1) is 14.9. The molecule has 4 rings (SSSR count). The summed E-state index contributed by atoms with van der Waals surface area (Å²) in [4.78, 5) is 20.3. The molecule has 0 spiro atoms. The predicted octanol–water partition coefficient (Wildman–Crippen LogP) is 2.39. The minimum absolute atomic E-state index is 0.0126. The topological polar surface area (TPSA) is 134 Å². The smallest absolute Gasteiger partial charge is 0.234 e. The standard InChI is InChI=1S/C20H18N4O5S2/c21-19-17(31(26,27)14-4-2-1-3-5-14)11-22-20(24-19)30-12-18(25)23-13-6-7-15-16(10-13)29-9-8-28-15/h1-7,10-11H,8-9,12H2,(H,23,25)(H2,21,22,24). The molecule has 1 aliphatic heterocycles. The molecular weight excluding hydrogens is 440 g/mol. The molecule has 0 aliphatic carbocycles. The van der Waals surface area contributed by atoms with Gasteiger partial charge in [-0.05, 0) is 24.3 Å². The van der Waals surface area contributed by atoms with Crippen LogP contribution in [0.4, 0.5) is 11.5 Å². The molecule has 1 amide bonds. The highest BCUT2D eigenvalue weighted by atomic mass is 32.2. The number of sulfone groups is 1. The van der Waals surface area contributed by atoms with Crippen LogP contribution in [0.2, 0.25) is 0 Å². The normalized spacial score (nSPS) is 12.9. The zero-order chi connectivity index (χ0) is 21.8. The van der Waals surface area contributed by atoms with Crippen molar-refractivity contribution < 1.29 is 22.7 Å². The van der Waals surface area contributed by atoms with Gasteiger partial charge in [-0.1, -0.05) is 30.0 Å². The van der Waals surface area contributed by atoms with E-state index in [-0.39, 0.29) is 32.4 Å². The van der Waals surface area contributed by atoms with E-state index in [2.05, 4.69) is 15.3 Å². The summed E-state index contributed by atoms with van der Waals surface area (Å²) >= 11 is 1.04. The number of nitrogens with zero attached hydrogens (tertiary/aromatic N) is 2. The Morgan fingerprint density at radius 2 is 1.84 bits per heavy atom. The van der Waals surface area contributed by atoms with E-state index >= 15 is 0 Å². The molecule has 0 saturated heterocycles. The van der Waals surface area contributed by atoms with Crippen LogP contribution in [0.3, 0.4) is 0 Å². The quantitative estimate of drug-likeness (QED) is 0.422. The number of nitrogens with one attached hydrogen (secondary N) is 1. The summed E-state index contributed by atoms with van der Waals surface area (Å²) in [5.41, 5.74) is 6.44. The van der Waals surface area contributed by atoms with Crippen molar-refractivity contribution in [2.75, 3.05) is 30.0 Å². The number of amides is 1. The van der Waals surface area contributed by atoms with Crippen LogP contribution in [-0.2, 0) is 14.6 Å². The van der Waals surface area contributed by atoms with Crippen LogP contribution < -0.4 is 20.5 Å². The number of carbonyl (C=O) groups excluding carboxylic acids is 1. The Bertz CT molecular complexity index is 1220. The Balaban J connectivity index is 1.40. The van der Waals surface area contributed by atoms with Crippen molar-refractivity contribution in [1.29, 1.82) is 0 Å². The highest BCUT2D eigenvalue weighted by molar-refractivity contribution is 7.99. The molecule has 31 heavy (non-hydrogen) atoms. The molecule has 0 unspecified atom stereocenters. The first-order valence-electron chi connectivity index (χ1n) is 9.18. The molecule has 3 N–H and O–H groups in total. The van der Waals surface area contributed by atoms with Gasteiger partial charge < -0.3 is 20.5 Å². The fourth-order valence-corrected chi connectivity index (χ4v) is 4.72. The lowest BCUT2D eigenvalue weighted by Gasteiger charge is -2.18. The number of hydrogen-bond donors (Lipinski definition) is 2. The molecule has 1 aliphatic rings. The summed E-state index contributed by atoms with van der Waals surface area (Å²) in [6.07, 6.45) is 1.16. The Morgan fingerprint density at radius 1 is 1.10 bits per heavy atom. The number of nitrogen functional groups attached to an aromatic ring is 1. The predicted molar refractivity (Wildman–Crippen MR) is 115 cm³/mol. The van der Waals surface area contributed by atoms with Gasteiger partial charge in [-0.25, -0.2) is 18.4 Å². The third-order valence-corrected chi connectivity index (χ3v) is 6.91. The van der Waals surface area contributed by atoms with E-state index in [9.17, 15) is 13.2 Å². The van der Waals surface area contributed by atoms with Crippen LogP contribution in [0.5, 0.6) is 11.5 Å². The van der Waals surface area contributed by atoms with Crippen molar-refractivity contribution in [1.82, 2.24) is 9.97 Å². The number of fused-ring (bicyclic) bond motifs is 1. The first kappa shape index (κ1) is 20.9. The van der Waals surface area contributed by atoms with Crippen LogP contribution >= 0.6 is 11.8 Å². The van der Waals surface area contributed by atoms with Crippen molar-refractivity contribution in [2.45, 2.75) is 14.9 Å². The zero-order valence-electron chi connectivity index (χ0n) is 16.1. The molecule has 0 bridgehead atoms. The van der Waals surface area contributed by atoms with Crippen molar-refractivity contribution in [3.05, 3.63) is 54.7 Å². The monoisotopic (exact) mass is 458 g/mol. The van der Waals surface area contributed by atoms with E-state index in [4.69, 9.17) is 15.2 Å².